The fraction of sp³-hybridized carbons (Fsp3) is 0.375. The van der Waals surface area contributed by atoms with E-state index in [4.69, 9.17) is 9.47 Å². The minimum absolute atomic E-state index is 0.0200. The fourth-order valence-electron chi connectivity index (χ4n) is 4.06. The summed E-state index contributed by atoms with van der Waals surface area (Å²) < 4.78 is 27.1. The van der Waals surface area contributed by atoms with Crippen molar-refractivity contribution in [3.05, 3.63) is 66.1 Å². The predicted octanol–water partition coefficient (Wildman–Crippen LogP) is 2.82. The maximum Gasteiger partial charge on any atom is 0.254 e. The van der Waals surface area contributed by atoms with Gasteiger partial charge in [0, 0.05) is 12.1 Å². The van der Waals surface area contributed by atoms with Crippen molar-refractivity contribution >= 4 is 5.91 Å². The smallest absolute Gasteiger partial charge is 0.254 e. The molecule has 1 aliphatic rings. The van der Waals surface area contributed by atoms with Gasteiger partial charge >= 0.3 is 0 Å². The van der Waals surface area contributed by atoms with Crippen LogP contribution in [0.5, 0.6) is 5.75 Å². The Bertz CT molecular complexity index is 1090. The minimum atomic E-state index is -0.578. The lowest BCUT2D eigenvalue weighted by Gasteiger charge is -2.36. The summed E-state index contributed by atoms with van der Waals surface area (Å²) in [6, 6.07) is 13.1. The number of halogens is 1. The molecule has 8 nitrogen and oxygen atoms in total. The lowest BCUT2D eigenvalue weighted by molar-refractivity contribution is -0.0912. The van der Waals surface area contributed by atoms with Crippen LogP contribution in [0.15, 0.2) is 54.7 Å². The Kier molecular flexibility index (Phi) is 7.31. The third kappa shape index (κ3) is 5.37. The predicted molar refractivity (Wildman–Crippen MR) is 119 cm³/mol. The number of benzene rings is 2. The van der Waals surface area contributed by atoms with E-state index in [-0.39, 0.29) is 24.3 Å². The second kappa shape index (κ2) is 10.5. The Morgan fingerprint density at radius 1 is 1.24 bits per heavy atom. The minimum Gasteiger partial charge on any atom is -0.496 e. The first kappa shape index (κ1) is 22.9. The standard InChI is InChI=1S/C24H27FN4O4/c1-32-22-9-5-3-7-18(22)21-14-29(28-27-21)13-12-16-10-11-20(23(15-30)33-16)26-24(31)17-6-2-4-8-19(17)25/h2-9,14,16,20,23,30H,10-13,15H2,1H3,(H,26,31)/t16-,20-,23+/m1/s1. The van der Waals surface area contributed by atoms with Crippen LogP contribution in [0.4, 0.5) is 4.39 Å². The molecule has 0 saturated carbocycles. The normalized spacial score (nSPS) is 20.4. The topological polar surface area (TPSA) is 98.5 Å². The highest BCUT2D eigenvalue weighted by Crippen LogP contribution is 2.28. The summed E-state index contributed by atoms with van der Waals surface area (Å²) >= 11 is 0. The number of aryl methyl sites for hydroxylation is 1. The molecule has 4 rings (SSSR count). The van der Waals surface area contributed by atoms with Gasteiger partial charge in [-0.1, -0.05) is 29.5 Å². The van der Waals surface area contributed by atoms with Crippen LogP contribution < -0.4 is 10.1 Å². The highest BCUT2D eigenvalue weighted by Gasteiger charge is 2.32. The molecule has 0 radical (unpaired) electrons. The molecule has 0 unspecified atom stereocenters. The summed E-state index contributed by atoms with van der Waals surface area (Å²) in [4.78, 5) is 12.4. The molecule has 3 atom stereocenters. The molecule has 3 aromatic rings. The summed E-state index contributed by atoms with van der Waals surface area (Å²) in [5.74, 6) is -0.356. The molecule has 1 aliphatic heterocycles. The SMILES string of the molecule is COc1ccccc1-c1cn(CC[C@H]2CC[C@@H](NC(=O)c3ccccc3F)[C@H](CO)O2)nn1. The highest BCUT2D eigenvalue weighted by atomic mass is 19.1. The zero-order valence-corrected chi connectivity index (χ0v) is 18.4. The molecule has 2 heterocycles. The van der Waals surface area contributed by atoms with Gasteiger partial charge < -0.3 is 19.9 Å². The Morgan fingerprint density at radius 3 is 2.82 bits per heavy atom. The molecular weight excluding hydrogens is 427 g/mol. The van der Waals surface area contributed by atoms with Crippen molar-refractivity contribution in [1.82, 2.24) is 20.3 Å². The second-order valence-corrected chi connectivity index (χ2v) is 7.97. The monoisotopic (exact) mass is 454 g/mol. The number of amides is 1. The molecule has 0 spiro atoms. The van der Waals surface area contributed by atoms with Gasteiger partial charge in [-0.15, -0.1) is 5.10 Å². The molecule has 1 fully saturated rings. The quantitative estimate of drug-likeness (QED) is 0.543. The van der Waals surface area contributed by atoms with E-state index in [1.54, 1.807) is 17.9 Å². The van der Waals surface area contributed by atoms with Crippen LogP contribution in [-0.4, -0.2) is 58.0 Å². The van der Waals surface area contributed by atoms with E-state index in [0.29, 0.717) is 25.8 Å². The number of nitrogens with one attached hydrogen (secondary N) is 1. The average Bonchev–Trinajstić information content (AvgIpc) is 3.32. The van der Waals surface area contributed by atoms with E-state index in [2.05, 4.69) is 15.6 Å². The van der Waals surface area contributed by atoms with Crippen molar-refractivity contribution < 1.29 is 23.8 Å². The molecule has 0 bridgehead atoms. The molecule has 2 aromatic carbocycles. The number of carbonyl (C=O) groups excluding carboxylic acids is 1. The first-order chi connectivity index (χ1) is 16.1. The average molecular weight is 455 g/mol. The summed E-state index contributed by atoms with van der Waals surface area (Å²) in [7, 11) is 1.62. The molecule has 1 amide bonds. The van der Waals surface area contributed by atoms with Crippen LogP contribution in [-0.2, 0) is 11.3 Å². The van der Waals surface area contributed by atoms with Gasteiger partial charge in [-0.05, 0) is 43.5 Å². The molecular formula is C24H27FN4O4. The number of aliphatic hydroxyl groups excluding tert-OH is 1. The van der Waals surface area contributed by atoms with Crippen molar-refractivity contribution in [2.75, 3.05) is 13.7 Å². The van der Waals surface area contributed by atoms with Crippen LogP contribution in [0.2, 0.25) is 0 Å². The van der Waals surface area contributed by atoms with Gasteiger partial charge in [-0.3, -0.25) is 9.48 Å². The molecule has 33 heavy (non-hydrogen) atoms. The number of carbonyl (C=O) groups is 1. The van der Waals surface area contributed by atoms with Crippen molar-refractivity contribution in [2.45, 2.75) is 44.1 Å². The zero-order chi connectivity index (χ0) is 23.2. The van der Waals surface area contributed by atoms with E-state index in [1.165, 1.54) is 18.2 Å². The number of para-hydroxylation sites is 1. The van der Waals surface area contributed by atoms with Crippen molar-refractivity contribution in [3.8, 4) is 17.0 Å². The largest absolute Gasteiger partial charge is 0.496 e. The van der Waals surface area contributed by atoms with Gasteiger partial charge in [0.05, 0.1) is 37.6 Å². The number of hydrogen-bond acceptors (Lipinski definition) is 6. The van der Waals surface area contributed by atoms with Gasteiger partial charge in [0.15, 0.2) is 0 Å². The van der Waals surface area contributed by atoms with Crippen LogP contribution in [0.3, 0.4) is 0 Å². The van der Waals surface area contributed by atoms with Crippen molar-refractivity contribution in [3.63, 3.8) is 0 Å². The first-order valence-corrected chi connectivity index (χ1v) is 10.9. The van der Waals surface area contributed by atoms with Gasteiger partial charge in [0.2, 0.25) is 0 Å². The first-order valence-electron chi connectivity index (χ1n) is 10.9. The molecule has 9 heteroatoms. The van der Waals surface area contributed by atoms with E-state index in [1.807, 2.05) is 30.5 Å². The van der Waals surface area contributed by atoms with Crippen molar-refractivity contribution in [2.24, 2.45) is 0 Å². The summed E-state index contributed by atoms with van der Waals surface area (Å²) in [5.41, 5.74) is 1.57. The Hall–Kier alpha value is -3.30. The van der Waals surface area contributed by atoms with Crippen molar-refractivity contribution in [1.29, 1.82) is 0 Å². The van der Waals surface area contributed by atoms with E-state index < -0.39 is 17.8 Å². The lowest BCUT2D eigenvalue weighted by atomic mass is 9.96. The Labute approximate surface area is 191 Å². The Balaban J connectivity index is 1.32. The molecule has 1 aromatic heterocycles. The summed E-state index contributed by atoms with van der Waals surface area (Å²) in [5, 5.41) is 21.0. The fourth-order valence-corrected chi connectivity index (χ4v) is 4.06. The highest BCUT2D eigenvalue weighted by molar-refractivity contribution is 5.94. The van der Waals surface area contributed by atoms with Crippen LogP contribution >= 0.6 is 0 Å². The third-order valence-electron chi connectivity index (χ3n) is 5.83. The zero-order valence-electron chi connectivity index (χ0n) is 18.4. The number of hydrogen-bond donors (Lipinski definition) is 2. The Morgan fingerprint density at radius 2 is 2.03 bits per heavy atom. The number of rotatable bonds is 8. The number of nitrogens with zero attached hydrogens (tertiary/aromatic N) is 3. The summed E-state index contributed by atoms with van der Waals surface area (Å²) in [6.07, 6.45) is 3.22. The van der Waals surface area contributed by atoms with Crippen LogP contribution in [0.25, 0.3) is 11.3 Å². The van der Waals surface area contributed by atoms with E-state index in [9.17, 15) is 14.3 Å². The maximum atomic E-state index is 13.9. The number of ether oxygens (including phenoxy) is 2. The molecule has 0 aliphatic carbocycles. The number of aliphatic hydroxyl groups is 1. The van der Waals surface area contributed by atoms with E-state index >= 15 is 0 Å². The van der Waals surface area contributed by atoms with Gasteiger partial charge in [0.25, 0.3) is 5.91 Å². The number of methoxy groups -OCH3 is 1. The second-order valence-electron chi connectivity index (χ2n) is 7.97. The third-order valence-corrected chi connectivity index (χ3v) is 5.83. The van der Waals surface area contributed by atoms with Gasteiger partial charge in [-0.25, -0.2) is 4.39 Å². The molecule has 2 N–H and O–H groups in total. The number of aromatic nitrogens is 3. The molecule has 1 saturated heterocycles. The summed E-state index contributed by atoms with van der Waals surface area (Å²) in [6.45, 7) is 0.358. The van der Waals surface area contributed by atoms with E-state index in [0.717, 1.165) is 17.0 Å². The molecule has 174 valence electrons. The van der Waals surface area contributed by atoms with Gasteiger partial charge in [0.1, 0.15) is 23.4 Å². The van der Waals surface area contributed by atoms with Gasteiger partial charge in [-0.2, -0.15) is 0 Å². The lowest BCUT2D eigenvalue weighted by Crippen LogP contribution is -2.51. The van der Waals surface area contributed by atoms with Crippen LogP contribution in [0.1, 0.15) is 29.6 Å². The maximum absolute atomic E-state index is 13.9. The van der Waals surface area contributed by atoms with Crippen LogP contribution in [0, 0.1) is 5.82 Å².